The lowest BCUT2D eigenvalue weighted by molar-refractivity contribution is -0.129. The van der Waals surface area contributed by atoms with Gasteiger partial charge in [0.2, 0.25) is 5.91 Å². The second-order valence-electron chi connectivity index (χ2n) is 3.58. The van der Waals surface area contributed by atoms with Crippen molar-refractivity contribution in [2.24, 2.45) is 0 Å². The van der Waals surface area contributed by atoms with Crippen molar-refractivity contribution in [1.82, 2.24) is 9.80 Å². The van der Waals surface area contributed by atoms with E-state index in [4.69, 9.17) is 4.74 Å². The zero-order valence-electron chi connectivity index (χ0n) is 12.4. The molecule has 108 valence electrons. The Morgan fingerprint density at radius 3 is 1.89 bits per heavy atom. The first-order valence-corrected chi connectivity index (χ1v) is 5.97. The van der Waals surface area contributed by atoms with Crippen LogP contribution in [-0.2, 0) is 14.3 Å². The number of methoxy groups -OCH3 is 2. The van der Waals surface area contributed by atoms with E-state index in [0.29, 0.717) is 19.7 Å². The summed E-state index contributed by atoms with van der Waals surface area (Å²) in [5, 5.41) is 0. The zero-order chi connectivity index (χ0) is 14.6. The summed E-state index contributed by atoms with van der Waals surface area (Å²) in [6.45, 7) is 8.17. The third-order valence-corrected chi connectivity index (χ3v) is 2.35. The molecule has 0 aromatic carbocycles. The summed E-state index contributed by atoms with van der Waals surface area (Å²) < 4.78 is 9.22. The summed E-state index contributed by atoms with van der Waals surface area (Å²) >= 11 is 0. The van der Waals surface area contributed by atoms with Gasteiger partial charge >= 0.3 is 6.09 Å². The van der Waals surface area contributed by atoms with Crippen LogP contribution in [-0.4, -0.2) is 69.3 Å². The predicted octanol–water partition coefficient (Wildman–Crippen LogP) is 1.21. The highest BCUT2D eigenvalue weighted by Gasteiger charge is 2.03. The molecule has 0 aromatic rings. The van der Waals surface area contributed by atoms with Gasteiger partial charge in [0.25, 0.3) is 0 Å². The van der Waals surface area contributed by atoms with Gasteiger partial charge in [-0.15, -0.1) is 0 Å². The Hall–Kier alpha value is -1.30. The van der Waals surface area contributed by atoms with E-state index in [1.165, 1.54) is 12.0 Å². The summed E-state index contributed by atoms with van der Waals surface area (Å²) in [6, 6.07) is 0. The van der Waals surface area contributed by atoms with Gasteiger partial charge in [-0.25, -0.2) is 4.79 Å². The number of rotatable bonds is 5. The lowest BCUT2D eigenvalue weighted by atomic mass is 10.5. The van der Waals surface area contributed by atoms with Crippen molar-refractivity contribution in [1.29, 1.82) is 0 Å². The largest absolute Gasteiger partial charge is 0.453 e. The second-order valence-corrected chi connectivity index (χ2v) is 3.58. The van der Waals surface area contributed by atoms with Gasteiger partial charge in [0.15, 0.2) is 0 Å². The van der Waals surface area contributed by atoms with Gasteiger partial charge in [-0.1, -0.05) is 0 Å². The van der Waals surface area contributed by atoms with Gasteiger partial charge in [0.05, 0.1) is 13.7 Å². The van der Waals surface area contributed by atoms with Gasteiger partial charge in [0, 0.05) is 40.7 Å². The van der Waals surface area contributed by atoms with Crippen LogP contribution in [0.15, 0.2) is 0 Å². The Labute approximate surface area is 110 Å². The highest BCUT2D eigenvalue weighted by Crippen LogP contribution is 1.87. The van der Waals surface area contributed by atoms with Crippen molar-refractivity contribution < 1.29 is 19.1 Å². The number of nitrogens with zero attached hydrogens (tertiary/aromatic N) is 2. The van der Waals surface area contributed by atoms with Crippen LogP contribution in [0.2, 0.25) is 0 Å². The Bertz CT molecular complexity index is 234. The van der Waals surface area contributed by atoms with Crippen molar-refractivity contribution in [3.8, 4) is 0 Å². The molecule has 0 aliphatic carbocycles. The first-order valence-electron chi connectivity index (χ1n) is 5.97. The van der Waals surface area contributed by atoms with E-state index in [1.54, 1.807) is 26.0 Å². The lowest BCUT2D eigenvalue weighted by Crippen LogP contribution is -2.31. The van der Waals surface area contributed by atoms with E-state index in [1.807, 2.05) is 13.8 Å². The fourth-order valence-electron chi connectivity index (χ4n) is 1.02. The Morgan fingerprint density at radius 2 is 1.67 bits per heavy atom. The number of amides is 2. The Balaban J connectivity index is 0. The minimum Gasteiger partial charge on any atom is -0.453 e. The van der Waals surface area contributed by atoms with E-state index in [9.17, 15) is 9.59 Å². The normalized spacial score (nSPS) is 9.00. The molecule has 0 N–H and O–H groups in total. The van der Waals surface area contributed by atoms with Gasteiger partial charge in [0.1, 0.15) is 0 Å². The molecule has 0 unspecified atom stereocenters. The molecule has 0 spiro atoms. The van der Waals surface area contributed by atoms with Crippen LogP contribution in [0.25, 0.3) is 0 Å². The van der Waals surface area contributed by atoms with E-state index < -0.39 is 0 Å². The second kappa shape index (κ2) is 12.2. The zero-order valence-corrected chi connectivity index (χ0v) is 12.4. The average Bonchev–Trinajstić information content (AvgIpc) is 2.38. The van der Waals surface area contributed by atoms with Gasteiger partial charge < -0.3 is 19.3 Å². The van der Waals surface area contributed by atoms with Crippen LogP contribution in [0, 0.1) is 0 Å². The van der Waals surface area contributed by atoms with Gasteiger partial charge in [-0.3, -0.25) is 4.79 Å². The predicted molar refractivity (Wildman–Crippen MR) is 70.5 cm³/mol. The fraction of sp³-hybridized carbons (Fsp3) is 0.833. The third-order valence-electron chi connectivity index (χ3n) is 2.35. The molecule has 0 bridgehead atoms. The molecule has 0 aliphatic rings. The molecule has 0 saturated carbocycles. The monoisotopic (exact) mass is 262 g/mol. The minimum atomic E-state index is -0.285. The SMILES string of the molecule is CCN(C)C(=O)OC.CCN(CCOC)C(C)=O. The molecule has 0 saturated heterocycles. The first kappa shape index (κ1) is 19.0. The molecule has 0 aromatic heterocycles. The molecule has 18 heavy (non-hydrogen) atoms. The van der Waals surface area contributed by atoms with Crippen molar-refractivity contribution >= 4 is 12.0 Å². The van der Waals surface area contributed by atoms with Crippen LogP contribution in [0.3, 0.4) is 0 Å². The average molecular weight is 262 g/mol. The lowest BCUT2D eigenvalue weighted by Gasteiger charge is -2.17. The fourth-order valence-corrected chi connectivity index (χ4v) is 1.02. The number of hydrogen-bond donors (Lipinski definition) is 0. The topological polar surface area (TPSA) is 59.1 Å². The molecule has 0 aliphatic heterocycles. The Morgan fingerprint density at radius 1 is 1.11 bits per heavy atom. The van der Waals surface area contributed by atoms with Crippen molar-refractivity contribution in [2.75, 3.05) is 47.5 Å². The summed E-state index contributed by atoms with van der Waals surface area (Å²) in [4.78, 5) is 24.4. The van der Waals surface area contributed by atoms with Crippen LogP contribution >= 0.6 is 0 Å². The molecule has 0 fully saturated rings. The van der Waals surface area contributed by atoms with E-state index in [2.05, 4.69) is 4.74 Å². The van der Waals surface area contributed by atoms with Crippen molar-refractivity contribution in [3.05, 3.63) is 0 Å². The number of likely N-dealkylation sites (N-methyl/N-ethyl adjacent to an activating group) is 1. The molecule has 2 amide bonds. The molecular weight excluding hydrogens is 236 g/mol. The summed E-state index contributed by atoms with van der Waals surface area (Å²) in [5.74, 6) is 0.111. The molecule has 0 atom stereocenters. The van der Waals surface area contributed by atoms with Gasteiger partial charge in [-0.2, -0.15) is 0 Å². The molecule has 6 heteroatoms. The molecule has 0 rings (SSSR count). The number of hydrogen-bond acceptors (Lipinski definition) is 4. The van der Waals surface area contributed by atoms with E-state index in [-0.39, 0.29) is 12.0 Å². The van der Waals surface area contributed by atoms with Crippen LogP contribution < -0.4 is 0 Å². The van der Waals surface area contributed by atoms with Crippen LogP contribution in [0.4, 0.5) is 4.79 Å². The number of carbonyl (C=O) groups excluding carboxylic acids is 2. The third kappa shape index (κ3) is 9.89. The van der Waals surface area contributed by atoms with E-state index >= 15 is 0 Å². The number of carbonyl (C=O) groups is 2. The quantitative estimate of drug-likeness (QED) is 0.747. The molecule has 0 heterocycles. The van der Waals surface area contributed by atoms with E-state index in [0.717, 1.165) is 6.54 Å². The Kier molecular flexibility index (Phi) is 12.9. The molecule has 0 radical (unpaired) electrons. The molecule has 6 nitrogen and oxygen atoms in total. The maximum atomic E-state index is 10.8. The summed E-state index contributed by atoms with van der Waals surface area (Å²) in [5.41, 5.74) is 0. The summed E-state index contributed by atoms with van der Waals surface area (Å²) in [7, 11) is 4.69. The van der Waals surface area contributed by atoms with Gasteiger partial charge in [-0.05, 0) is 13.8 Å². The first-order chi connectivity index (χ1) is 8.44. The maximum absolute atomic E-state index is 10.8. The highest BCUT2D eigenvalue weighted by atomic mass is 16.5. The smallest absolute Gasteiger partial charge is 0.409 e. The summed E-state index contributed by atoms with van der Waals surface area (Å²) in [6.07, 6.45) is -0.285. The number of ether oxygens (including phenoxy) is 2. The van der Waals surface area contributed by atoms with Crippen molar-refractivity contribution in [2.45, 2.75) is 20.8 Å². The maximum Gasteiger partial charge on any atom is 0.409 e. The minimum absolute atomic E-state index is 0.111. The van der Waals surface area contributed by atoms with Crippen molar-refractivity contribution in [3.63, 3.8) is 0 Å². The molecular formula is C12H26N2O4. The highest BCUT2D eigenvalue weighted by molar-refractivity contribution is 5.73. The van der Waals surface area contributed by atoms with Crippen LogP contribution in [0.1, 0.15) is 20.8 Å². The standard InChI is InChI=1S/C7H15NO2.C5H11NO2/c1-4-8(7(2)9)5-6-10-3;1-4-6(2)5(7)8-3/h4-6H2,1-3H3;4H2,1-3H3. The van der Waals surface area contributed by atoms with Crippen LogP contribution in [0.5, 0.6) is 0 Å².